The maximum Gasteiger partial charge on any atom is 0.262 e. The number of halogens is 1. The molecule has 0 saturated heterocycles. The molecule has 0 aliphatic heterocycles. The van der Waals surface area contributed by atoms with Crippen LogP contribution in [-0.4, -0.2) is 10.9 Å². The molecular formula is C23H18BrN3O. The molecule has 5 heteroatoms. The van der Waals surface area contributed by atoms with Gasteiger partial charge >= 0.3 is 0 Å². The lowest BCUT2D eigenvalue weighted by atomic mass is 9.98. The minimum Gasteiger partial charge on any atom is -0.344 e. The number of carbonyl (C=O) groups is 1. The van der Waals surface area contributed by atoms with Crippen LogP contribution in [-0.2, 0) is 11.2 Å². The van der Waals surface area contributed by atoms with Crippen molar-refractivity contribution in [3.05, 3.63) is 106 Å². The quantitative estimate of drug-likeness (QED) is 0.344. The first-order chi connectivity index (χ1) is 13.7. The smallest absolute Gasteiger partial charge is 0.262 e. The summed E-state index contributed by atoms with van der Waals surface area (Å²) in [6.07, 6.45) is 2.12. The van der Waals surface area contributed by atoms with Gasteiger partial charge in [0.15, 0.2) is 0 Å². The average Bonchev–Trinajstić information content (AvgIpc) is 2.73. The Morgan fingerprint density at radius 2 is 1.71 bits per heavy atom. The van der Waals surface area contributed by atoms with Gasteiger partial charge in [-0.15, -0.1) is 0 Å². The van der Waals surface area contributed by atoms with Crippen molar-refractivity contribution >= 4 is 27.9 Å². The second kappa shape index (κ2) is 9.63. The summed E-state index contributed by atoms with van der Waals surface area (Å²) in [5, 5.41) is 12.5. The maximum absolute atomic E-state index is 12.8. The van der Waals surface area contributed by atoms with Gasteiger partial charge in [0.25, 0.3) is 5.91 Å². The summed E-state index contributed by atoms with van der Waals surface area (Å²) in [6, 6.07) is 26.8. The molecule has 28 heavy (non-hydrogen) atoms. The third-order valence-electron chi connectivity index (χ3n) is 4.18. The van der Waals surface area contributed by atoms with Gasteiger partial charge in [-0.3, -0.25) is 4.79 Å². The molecule has 1 N–H and O–H groups in total. The van der Waals surface area contributed by atoms with E-state index >= 15 is 0 Å². The highest BCUT2D eigenvalue weighted by atomic mass is 79.9. The summed E-state index contributed by atoms with van der Waals surface area (Å²) < 4.78 is 0.644. The summed E-state index contributed by atoms with van der Waals surface area (Å²) in [4.78, 5) is 17.1. The van der Waals surface area contributed by atoms with E-state index in [1.807, 2.05) is 66.7 Å². The van der Waals surface area contributed by atoms with Crippen LogP contribution in [0.4, 0.5) is 0 Å². The van der Waals surface area contributed by atoms with Crippen LogP contribution in [0.2, 0.25) is 0 Å². The van der Waals surface area contributed by atoms with Gasteiger partial charge in [0.1, 0.15) is 16.2 Å². The highest BCUT2D eigenvalue weighted by molar-refractivity contribution is 9.10. The van der Waals surface area contributed by atoms with E-state index in [0.717, 1.165) is 11.1 Å². The van der Waals surface area contributed by atoms with Gasteiger partial charge < -0.3 is 5.32 Å². The minimum atomic E-state index is -0.422. The topological polar surface area (TPSA) is 65.8 Å². The number of rotatable bonds is 6. The zero-order chi connectivity index (χ0) is 19.8. The van der Waals surface area contributed by atoms with Crippen molar-refractivity contribution in [2.24, 2.45) is 0 Å². The Bertz CT molecular complexity index is 1010. The number of aromatic nitrogens is 1. The van der Waals surface area contributed by atoms with Gasteiger partial charge in [-0.05, 0) is 51.7 Å². The number of nitrogens with zero attached hydrogens (tertiary/aromatic N) is 2. The molecule has 4 nitrogen and oxygen atoms in total. The molecule has 3 rings (SSSR count). The van der Waals surface area contributed by atoms with E-state index in [4.69, 9.17) is 0 Å². The zero-order valence-corrected chi connectivity index (χ0v) is 16.6. The van der Waals surface area contributed by atoms with Gasteiger partial charge in [0.05, 0.1) is 11.7 Å². The standard InChI is InChI=1S/C23H18BrN3O/c24-22-13-7-12-20(26-22)15-19(16-25)23(28)27-21(18-10-5-2-6-11-18)14-17-8-3-1-4-9-17/h1-13,15,21H,14H2,(H,27,28)/b19-15+. The first-order valence-electron chi connectivity index (χ1n) is 8.80. The normalized spacial score (nSPS) is 12.1. The molecule has 0 saturated carbocycles. The van der Waals surface area contributed by atoms with Crippen LogP contribution in [0.3, 0.4) is 0 Å². The fourth-order valence-electron chi connectivity index (χ4n) is 2.82. The monoisotopic (exact) mass is 431 g/mol. The Morgan fingerprint density at radius 3 is 2.36 bits per heavy atom. The molecule has 0 fully saturated rings. The summed E-state index contributed by atoms with van der Waals surface area (Å²) in [6.45, 7) is 0. The Labute approximate surface area is 172 Å². The molecule has 0 aliphatic rings. The van der Waals surface area contributed by atoms with Crippen LogP contribution >= 0.6 is 15.9 Å². The molecule has 0 radical (unpaired) electrons. The van der Waals surface area contributed by atoms with Crippen molar-refractivity contribution < 1.29 is 4.79 Å². The van der Waals surface area contributed by atoms with Gasteiger partial charge in [-0.1, -0.05) is 66.7 Å². The van der Waals surface area contributed by atoms with Gasteiger partial charge in [0, 0.05) is 0 Å². The van der Waals surface area contributed by atoms with Crippen LogP contribution < -0.4 is 5.32 Å². The van der Waals surface area contributed by atoms with Gasteiger partial charge in [-0.2, -0.15) is 5.26 Å². The van der Waals surface area contributed by atoms with E-state index in [-0.39, 0.29) is 11.6 Å². The number of pyridine rings is 1. The lowest BCUT2D eigenvalue weighted by molar-refractivity contribution is -0.117. The van der Waals surface area contributed by atoms with E-state index in [1.165, 1.54) is 6.08 Å². The minimum absolute atomic E-state index is 0.0135. The Balaban J connectivity index is 1.84. The number of hydrogen-bond acceptors (Lipinski definition) is 3. The molecule has 3 aromatic rings. The number of nitrogens with one attached hydrogen (secondary N) is 1. The average molecular weight is 432 g/mol. The Kier molecular flexibility index (Phi) is 6.72. The first-order valence-corrected chi connectivity index (χ1v) is 9.59. The molecule has 1 unspecified atom stereocenters. The summed E-state index contributed by atoms with van der Waals surface area (Å²) >= 11 is 3.30. The molecule has 138 valence electrons. The van der Waals surface area contributed by atoms with Crippen molar-refractivity contribution in [2.75, 3.05) is 0 Å². The Morgan fingerprint density at radius 1 is 1.04 bits per heavy atom. The fraction of sp³-hybridized carbons (Fsp3) is 0.0870. The predicted molar refractivity (Wildman–Crippen MR) is 113 cm³/mol. The molecule has 0 bridgehead atoms. The lowest BCUT2D eigenvalue weighted by Crippen LogP contribution is -2.30. The van der Waals surface area contributed by atoms with E-state index < -0.39 is 5.91 Å². The second-order valence-corrected chi connectivity index (χ2v) is 6.99. The number of amides is 1. The molecule has 1 amide bonds. The highest BCUT2D eigenvalue weighted by Crippen LogP contribution is 2.19. The van der Waals surface area contributed by atoms with Crippen LogP contribution in [0.5, 0.6) is 0 Å². The molecule has 1 atom stereocenters. The van der Waals surface area contributed by atoms with Crippen molar-refractivity contribution in [1.82, 2.24) is 10.3 Å². The van der Waals surface area contributed by atoms with Crippen LogP contribution in [0.1, 0.15) is 22.9 Å². The number of benzene rings is 2. The van der Waals surface area contributed by atoms with Gasteiger partial charge in [0.2, 0.25) is 0 Å². The molecule has 1 heterocycles. The van der Waals surface area contributed by atoms with Crippen molar-refractivity contribution in [3.8, 4) is 6.07 Å². The summed E-state index contributed by atoms with van der Waals surface area (Å²) in [5.74, 6) is -0.422. The molecular weight excluding hydrogens is 414 g/mol. The molecule has 0 spiro atoms. The van der Waals surface area contributed by atoms with Crippen molar-refractivity contribution in [1.29, 1.82) is 5.26 Å². The summed E-state index contributed by atoms with van der Waals surface area (Å²) in [7, 11) is 0. The number of nitriles is 1. The fourth-order valence-corrected chi connectivity index (χ4v) is 3.18. The number of hydrogen-bond donors (Lipinski definition) is 1. The zero-order valence-electron chi connectivity index (χ0n) is 15.0. The predicted octanol–water partition coefficient (Wildman–Crippen LogP) is 4.85. The van der Waals surface area contributed by atoms with E-state index in [9.17, 15) is 10.1 Å². The van der Waals surface area contributed by atoms with Gasteiger partial charge in [-0.25, -0.2) is 4.98 Å². The van der Waals surface area contributed by atoms with Crippen LogP contribution in [0.15, 0.2) is 89.0 Å². The van der Waals surface area contributed by atoms with E-state index in [2.05, 4.69) is 26.2 Å². The first kappa shape index (κ1) is 19.5. The second-order valence-electron chi connectivity index (χ2n) is 6.18. The molecule has 1 aromatic heterocycles. The maximum atomic E-state index is 12.8. The van der Waals surface area contributed by atoms with E-state index in [0.29, 0.717) is 16.7 Å². The Hall–Kier alpha value is -3.23. The lowest BCUT2D eigenvalue weighted by Gasteiger charge is -2.19. The van der Waals surface area contributed by atoms with Crippen LogP contribution in [0, 0.1) is 11.3 Å². The largest absolute Gasteiger partial charge is 0.344 e. The van der Waals surface area contributed by atoms with Crippen LogP contribution in [0.25, 0.3) is 6.08 Å². The molecule has 2 aromatic carbocycles. The van der Waals surface area contributed by atoms with E-state index in [1.54, 1.807) is 18.2 Å². The number of carbonyl (C=O) groups excluding carboxylic acids is 1. The van der Waals surface area contributed by atoms with Crippen molar-refractivity contribution in [2.45, 2.75) is 12.5 Å². The third-order valence-corrected chi connectivity index (χ3v) is 4.63. The highest BCUT2D eigenvalue weighted by Gasteiger charge is 2.18. The third kappa shape index (κ3) is 5.38. The summed E-state index contributed by atoms with van der Waals surface area (Å²) in [5.41, 5.74) is 2.64. The molecule has 0 aliphatic carbocycles. The SMILES string of the molecule is N#C/C(=C\c1cccc(Br)n1)C(=O)NC(Cc1ccccc1)c1ccccc1. The van der Waals surface area contributed by atoms with Crippen molar-refractivity contribution in [3.63, 3.8) is 0 Å².